The van der Waals surface area contributed by atoms with E-state index in [2.05, 4.69) is 0 Å². The zero-order chi connectivity index (χ0) is 17.3. The standard InChI is InChI=1S/C17H23N3O4/c1-11(18)13-3-4-15-14(9-13)20(17(22)12(2)24-15)10-16(21)19-5-7-23-8-6-19/h3-4,9,11-12H,5-8,10,18H2,1-2H3/t11-,12+/m1/s1. The van der Waals surface area contributed by atoms with Crippen LogP contribution in [0.5, 0.6) is 5.75 Å². The molecule has 1 aromatic carbocycles. The maximum atomic E-state index is 12.6. The number of carbonyl (C=O) groups excluding carboxylic acids is 2. The molecule has 2 aliphatic heterocycles. The number of anilines is 1. The topological polar surface area (TPSA) is 85.1 Å². The molecule has 0 saturated carbocycles. The molecular weight excluding hydrogens is 310 g/mol. The quantitative estimate of drug-likeness (QED) is 0.879. The second-order valence-corrected chi connectivity index (χ2v) is 6.19. The molecule has 3 rings (SSSR count). The third-order valence-electron chi connectivity index (χ3n) is 4.37. The number of hydrogen-bond donors (Lipinski definition) is 1. The summed E-state index contributed by atoms with van der Waals surface area (Å²) < 4.78 is 10.9. The van der Waals surface area contributed by atoms with Crippen LogP contribution in [0.4, 0.5) is 5.69 Å². The number of ether oxygens (including phenoxy) is 2. The molecule has 0 aliphatic carbocycles. The Kier molecular flexibility index (Phi) is 4.73. The molecule has 2 heterocycles. The average Bonchev–Trinajstić information content (AvgIpc) is 2.59. The first-order valence-electron chi connectivity index (χ1n) is 8.20. The van der Waals surface area contributed by atoms with Crippen molar-refractivity contribution in [3.8, 4) is 5.75 Å². The molecule has 1 fully saturated rings. The fraction of sp³-hybridized carbons (Fsp3) is 0.529. The fourth-order valence-corrected chi connectivity index (χ4v) is 2.92. The molecule has 0 unspecified atom stereocenters. The van der Waals surface area contributed by atoms with Crippen molar-refractivity contribution in [2.24, 2.45) is 5.73 Å². The molecule has 2 atom stereocenters. The van der Waals surface area contributed by atoms with E-state index >= 15 is 0 Å². The SMILES string of the molecule is C[C@@H]1Oc2ccc([C@@H](C)N)cc2N(CC(=O)N2CCOCC2)C1=O. The van der Waals surface area contributed by atoms with E-state index < -0.39 is 6.10 Å². The van der Waals surface area contributed by atoms with Gasteiger partial charge in [-0.3, -0.25) is 14.5 Å². The number of hydrogen-bond acceptors (Lipinski definition) is 5. The van der Waals surface area contributed by atoms with Crippen LogP contribution in [0.25, 0.3) is 0 Å². The molecule has 1 aromatic rings. The zero-order valence-electron chi connectivity index (χ0n) is 14.0. The summed E-state index contributed by atoms with van der Waals surface area (Å²) in [6, 6.07) is 5.36. The van der Waals surface area contributed by atoms with Crippen LogP contribution in [0.1, 0.15) is 25.5 Å². The van der Waals surface area contributed by atoms with E-state index in [1.54, 1.807) is 11.8 Å². The largest absolute Gasteiger partial charge is 0.479 e. The van der Waals surface area contributed by atoms with E-state index in [0.717, 1.165) is 5.56 Å². The number of nitrogens with two attached hydrogens (primary N) is 1. The second kappa shape index (κ2) is 6.78. The predicted molar refractivity (Wildman–Crippen MR) is 88.9 cm³/mol. The van der Waals surface area contributed by atoms with Crippen LogP contribution in [0.2, 0.25) is 0 Å². The molecule has 0 aromatic heterocycles. The number of nitrogens with zero attached hydrogens (tertiary/aromatic N) is 2. The molecular formula is C17H23N3O4. The Morgan fingerprint density at radius 1 is 1.38 bits per heavy atom. The van der Waals surface area contributed by atoms with Crippen LogP contribution in [-0.2, 0) is 14.3 Å². The average molecular weight is 333 g/mol. The van der Waals surface area contributed by atoms with Crippen molar-refractivity contribution in [3.63, 3.8) is 0 Å². The summed E-state index contributed by atoms with van der Waals surface area (Å²) >= 11 is 0. The highest BCUT2D eigenvalue weighted by Gasteiger charge is 2.34. The molecule has 0 bridgehead atoms. The number of rotatable bonds is 3. The van der Waals surface area contributed by atoms with Gasteiger partial charge in [-0.2, -0.15) is 0 Å². The number of morpholine rings is 1. The van der Waals surface area contributed by atoms with Gasteiger partial charge in [0, 0.05) is 19.1 Å². The maximum absolute atomic E-state index is 12.6. The van der Waals surface area contributed by atoms with Gasteiger partial charge < -0.3 is 20.1 Å². The molecule has 2 N–H and O–H groups in total. The lowest BCUT2D eigenvalue weighted by Crippen LogP contribution is -2.51. The highest BCUT2D eigenvalue weighted by molar-refractivity contribution is 6.03. The number of fused-ring (bicyclic) bond motifs is 1. The third-order valence-corrected chi connectivity index (χ3v) is 4.37. The zero-order valence-corrected chi connectivity index (χ0v) is 14.0. The molecule has 1 saturated heterocycles. The molecule has 2 amide bonds. The van der Waals surface area contributed by atoms with Gasteiger partial charge in [0.05, 0.1) is 18.9 Å². The molecule has 0 radical (unpaired) electrons. The van der Waals surface area contributed by atoms with Crippen molar-refractivity contribution < 1.29 is 19.1 Å². The van der Waals surface area contributed by atoms with Gasteiger partial charge in [-0.05, 0) is 31.5 Å². The smallest absolute Gasteiger partial charge is 0.268 e. The molecule has 7 nitrogen and oxygen atoms in total. The monoisotopic (exact) mass is 333 g/mol. The van der Waals surface area contributed by atoms with E-state index in [4.69, 9.17) is 15.2 Å². The first-order valence-corrected chi connectivity index (χ1v) is 8.20. The Balaban J connectivity index is 1.87. The van der Waals surface area contributed by atoms with Crippen molar-refractivity contribution in [2.45, 2.75) is 26.0 Å². The van der Waals surface area contributed by atoms with Gasteiger partial charge >= 0.3 is 0 Å². The van der Waals surface area contributed by atoms with E-state index in [1.165, 1.54) is 4.90 Å². The van der Waals surface area contributed by atoms with E-state index in [1.807, 2.05) is 25.1 Å². The summed E-state index contributed by atoms with van der Waals surface area (Å²) in [5, 5.41) is 0. The Bertz CT molecular complexity index is 641. The van der Waals surface area contributed by atoms with E-state index in [0.29, 0.717) is 37.7 Å². The van der Waals surface area contributed by atoms with Gasteiger partial charge in [-0.15, -0.1) is 0 Å². The molecule has 24 heavy (non-hydrogen) atoms. The van der Waals surface area contributed by atoms with Gasteiger partial charge in [0.15, 0.2) is 6.10 Å². The van der Waals surface area contributed by atoms with Crippen LogP contribution < -0.4 is 15.4 Å². The lowest BCUT2D eigenvalue weighted by Gasteiger charge is -2.35. The summed E-state index contributed by atoms with van der Waals surface area (Å²) in [5.41, 5.74) is 7.44. The molecule has 2 aliphatic rings. The van der Waals surface area contributed by atoms with E-state index in [-0.39, 0.29) is 24.4 Å². The van der Waals surface area contributed by atoms with Crippen molar-refractivity contribution in [1.82, 2.24) is 4.90 Å². The minimum Gasteiger partial charge on any atom is -0.479 e. The first kappa shape index (κ1) is 16.7. The van der Waals surface area contributed by atoms with Crippen LogP contribution in [-0.4, -0.2) is 55.7 Å². The fourth-order valence-electron chi connectivity index (χ4n) is 2.92. The predicted octanol–water partition coefficient (Wildman–Crippen LogP) is 0.679. The third kappa shape index (κ3) is 3.22. The van der Waals surface area contributed by atoms with Gasteiger partial charge in [-0.1, -0.05) is 6.07 Å². The van der Waals surface area contributed by atoms with Crippen molar-refractivity contribution in [1.29, 1.82) is 0 Å². The summed E-state index contributed by atoms with van der Waals surface area (Å²) in [6.45, 7) is 5.74. The highest BCUT2D eigenvalue weighted by atomic mass is 16.5. The summed E-state index contributed by atoms with van der Waals surface area (Å²) in [4.78, 5) is 28.4. The Hall–Kier alpha value is -2.12. The Morgan fingerprint density at radius 2 is 2.08 bits per heavy atom. The van der Waals surface area contributed by atoms with Gasteiger partial charge in [0.25, 0.3) is 5.91 Å². The summed E-state index contributed by atoms with van der Waals surface area (Å²) in [6.07, 6.45) is -0.615. The van der Waals surface area contributed by atoms with E-state index in [9.17, 15) is 9.59 Å². The maximum Gasteiger partial charge on any atom is 0.268 e. The van der Waals surface area contributed by atoms with Crippen molar-refractivity contribution in [3.05, 3.63) is 23.8 Å². The van der Waals surface area contributed by atoms with Crippen LogP contribution in [0.15, 0.2) is 18.2 Å². The lowest BCUT2D eigenvalue weighted by molar-refractivity contribution is -0.136. The van der Waals surface area contributed by atoms with Gasteiger partial charge in [0.2, 0.25) is 5.91 Å². The summed E-state index contributed by atoms with van der Waals surface area (Å²) in [5.74, 6) is 0.296. The Morgan fingerprint density at radius 3 is 2.75 bits per heavy atom. The normalized spacial score (nSPS) is 22.0. The number of carbonyl (C=O) groups is 2. The summed E-state index contributed by atoms with van der Waals surface area (Å²) in [7, 11) is 0. The van der Waals surface area contributed by atoms with Gasteiger partial charge in [-0.25, -0.2) is 0 Å². The highest BCUT2D eigenvalue weighted by Crippen LogP contribution is 2.35. The van der Waals surface area contributed by atoms with Crippen LogP contribution in [0, 0.1) is 0 Å². The van der Waals surface area contributed by atoms with Gasteiger partial charge in [0.1, 0.15) is 12.3 Å². The molecule has 0 spiro atoms. The van der Waals surface area contributed by atoms with Crippen LogP contribution >= 0.6 is 0 Å². The molecule has 130 valence electrons. The first-order chi connectivity index (χ1) is 11.5. The van der Waals surface area contributed by atoms with Crippen LogP contribution in [0.3, 0.4) is 0 Å². The lowest BCUT2D eigenvalue weighted by atomic mass is 10.1. The number of amides is 2. The minimum absolute atomic E-state index is 0.00192. The molecule has 7 heteroatoms. The second-order valence-electron chi connectivity index (χ2n) is 6.19. The van der Waals surface area contributed by atoms with Crippen molar-refractivity contribution >= 4 is 17.5 Å². The minimum atomic E-state index is -0.615. The van der Waals surface area contributed by atoms with Crippen molar-refractivity contribution in [2.75, 3.05) is 37.7 Å². The Labute approximate surface area is 141 Å². The number of benzene rings is 1.